The third-order valence-electron chi connectivity index (χ3n) is 3.29. The monoisotopic (exact) mass is 236 g/mol. The van der Waals surface area contributed by atoms with E-state index in [1.54, 1.807) is 10.7 Å². The molecular weight excluding hydrogens is 216 g/mol. The summed E-state index contributed by atoms with van der Waals surface area (Å²) in [5.41, 5.74) is 0.566. The topological polar surface area (TPSA) is 41.4 Å². The summed E-state index contributed by atoms with van der Waals surface area (Å²) in [4.78, 5) is 16.4. The second kappa shape index (κ2) is 5.31. The maximum Gasteiger partial charge on any atom is 0.274 e. The summed E-state index contributed by atoms with van der Waals surface area (Å²) in [6.45, 7) is 9.59. The smallest absolute Gasteiger partial charge is 0.274 e. The third kappa shape index (κ3) is 2.66. The van der Waals surface area contributed by atoms with Crippen LogP contribution in [0, 0.1) is 0 Å². The Bertz CT molecular complexity index is 380. The van der Waals surface area contributed by atoms with Gasteiger partial charge in [0.05, 0.1) is 0 Å². The van der Waals surface area contributed by atoms with Gasteiger partial charge in [0.25, 0.3) is 5.91 Å². The molecule has 1 aromatic rings. The number of piperazine rings is 1. The highest BCUT2D eigenvalue weighted by molar-refractivity contribution is 5.92. The predicted molar refractivity (Wildman–Crippen MR) is 65.9 cm³/mol. The Morgan fingerprint density at radius 3 is 2.47 bits per heavy atom. The van der Waals surface area contributed by atoms with Crippen molar-refractivity contribution in [3.63, 3.8) is 0 Å². The molecule has 0 aromatic carbocycles. The molecular formula is C12H20N4O. The molecule has 0 unspecified atom stereocenters. The molecule has 17 heavy (non-hydrogen) atoms. The van der Waals surface area contributed by atoms with Crippen LogP contribution in [0.3, 0.4) is 0 Å². The average Bonchev–Trinajstić information content (AvgIpc) is 2.87. The number of aromatic nitrogens is 2. The molecule has 5 nitrogen and oxygen atoms in total. The number of nitrogens with zero attached hydrogens (tertiary/aromatic N) is 4. The van der Waals surface area contributed by atoms with Crippen LogP contribution in [0.1, 0.15) is 24.3 Å². The fourth-order valence-corrected chi connectivity index (χ4v) is 2.08. The highest BCUT2D eigenvalue weighted by Crippen LogP contribution is 2.07. The van der Waals surface area contributed by atoms with Gasteiger partial charge in [-0.1, -0.05) is 6.92 Å². The summed E-state index contributed by atoms with van der Waals surface area (Å²) in [5, 5.41) is 4.25. The molecule has 1 saturated heterocycles. The first-order valence-corrected chi connectivity index (χ1v) is 6.29. The average molecular weight is 236 g/mol. The maximum absolute atomic E-state index is 12.2. The summed E-state index contributed by atoms with van der Waals surface area (Å²) in [5.74, 6) is 0.0629. The number of amides is 1. The lowest BCUT2D eigenvalue weighted by Gasteiger charge is -2.33. The van der Waals surface area contributed by atoms with Crippen LogP contribution in [0.25, 0.3) is 0 Å². The van der Waals surface area contributed by atoms with Crippen molar-refractivity contribution >= 4 is 5.91 Å². The molecule has 0 atom stereocenters. The van der Waals surface area contributed by atoms with E-state index in [-0.39, 0.29) is 5.91 Å². The van der Waals surface area contributed by atoms with Crippen LogP contribution in [0.15, 0.2) is 12.3 Å². The molecule has 94 valence electrons. The number of carbonyl (C=O) groups is 1. The summed E-state index contributed by atoms with van der Waals surface area (Å²) in [6, 6.07) is 1.80. The van der Waals surface area contributed by atoms with Gasteiger partial charge in [0, 0.05) is 38.9 Å². The molecule has 2 rings (SSSR count). The zero-order chi connectivity index (χ0) is 12.3. The Kier molecular flexibility index (Phi) is 3.78. The second-order valence-electron chi connectivity index (χ2n) is 4.28. The molecule has 1 amide bonds. The maximum atomic E-state index is 12.2. The van der Waals surface area contributed by atoms with E-state index in [1.165, 1.54) is 0 Å². The van der Waals surface area contributed by atoms with E-state index in [0.29, 0.717) is 5.69 Å². The minimum absolute atomic E-state index is 0.0629. The van der Waals surface area contributed by atoms with Gasteiger partial charge in [-0.15, -0.1) is 0 Å². The minimum Gasteiger partial charge on any atom is -0.335 e. The Morgan fingerprint density at radius 2 is 1.94 bits per heavy atom. The van der Waals surface area contributed by atoms with E-state index in [9.17, 15) is 4.79 Å². The van der Waals surface area contributed by atoms with E-state index in [2.05, 4.69) is 16.9 Å². The standard InChI is InChI=1S/C12H20N4O/c1-3-14-7-9-15(10-8-14)12(17)11-5-6-16(4-2)13-11/h5-6H,3-4,7-10H2,1-2H3. The Labute approximate surface area is 102 Å². The fraction of sp³-hybridized carbons (Fsp3) is 0.667. The molecule has 0 N–H and O–H groups in total. The molecule has 5 heteroatoms. The second-order valence-corrected chi connectivity index (χ2v) is 4.28. The van der Waals surface area contributed by atoms with Gasteiger partial charge >= 0.3 is 0 Å². The molecule has 1 aromatic heterocycles. The van der Waals surface area contributed by atoms with Gasteiger partial charge in [-0.3, -0.25) is 9.48 Å². The number of rotatable bonds is 3. The van der Waals surface area contributed by atoms with E-state index < -0.39 is 0 Å². The summed E-state index contributed by atoms with van der Waals surface area (Å²) in [7, 11) is 0. The van der Waals surface area contributed by atoms with E-state index >= 15 is 0 Å². The molecule has 1 aliphatic heterocycles. The van der Waals surface area contributed by atoms with Crippen LogP contribution in [-0.2, 0) is 6.54 Å². The van der Waals surface area contributed by atoms with Crippen LogP contribution >= 0.6 is 0 Å². The van der Waals surface area contributed by atoms with E-state index in [0.717, 1.165) is 39.3 Å². The largest absolute Gasteiger partial charge is 0.335 e. The summed E-state index contributed by atoms with van der Waals surface area (Å²) < 4.78 is 1.79. The number of hydrogen-bond donors (Lipinski definition) is 0. The van der Waals surface area contributed by atoms with Gasteiger partial charge in [-0.05, 0) is 19.5 Å². The number of aryl methyl sites for hydroxylation is 1. The van der Waals surface area contributed by atoms with Crippen molar-refractivity contribution in [3.8, 4) is 0 Å². The van der Waals surface area contributed by atoms with Gasteiger partial charge in [0.2, 0.25) is 0 Å². The first-order chi connectivity index (χ1) is 8.24. The van der Waals surface area contributed by atoms with Gasteiger partial charge in [0.15, 0.2) is 0 Å². The van der Waals surface area contributed by atoms with E-state index in [1.807, 2.05) is 18.0 Å². The highest BCUT2D eigenvalue weighted by atomic mass is 16.2. The molecule has 0 aliphatic carbocycles. The van der Waals surface area contributed by atoms with Crippen LogP contribution in [0.5, 0.6) is 0 Å². The quantitative estimate of drug-likeness (QED) is 0.775. The van der Waals surface area contributed by atoms with Crippen LogP contribution < -0.4 is 0 Å². The highest BCUT2D eigenvalue weighted by Gasteiger charge is 2.22. The third-order valence-corrected chi connectivity index (χ3v) is 3.29. The molecule has 2 heterocycles. The first kappa shape index (κ1) is 12.1. The fourth-order valence-electron chi connectivity index (χ4n) is 2.08. The zero-order valence-corrected chi connectivity index (χ0v) is 10.6. The van der Waals surface area contributed by atoms with Crippen LogP contribution in [0.4, 0.5) is 0 Å². The molecule has 1 aliphatic rings. The minimum atomic E-state index is 0.0629. The SMILES string of the molecule is CCN1CCN(C(=O)c2ccn(CC)n2)CC1. The summed E-state index contributed by atoms with van der Waals surface area (Å²) in [6.07, 6.45) is 1.86. The van der Waals surface area contributed by atoms with Crippen molar-refractivity contribution in [1.82, 2.24) is 19.6 Å². The molecule has 1 fully saturated rings. The number of likely N-dealkylation sites (N-methyl/N-ethyl adjacent to an activating group) is 1. The Morgan fingerprint density at radius 1 is 1.24 bits per heavy atom. The first-order valence-electron chi connectivity index (χ1n) is 6.29. The zero-order valence-electron chi connectivity index (χ0n) is 10.6. The van der Waals surface area contributed by atoms with Gasteiger partial charge in [-0.2, -0.15) is 5.10 Å². The van der Waals surface area contributed by atoms with Gasteiger partial charge in [0.1, 0.15) is 5.69 Å². The van der Waals surface area contributed by atoms with Crippen molar-refractivity contribution in [1.29, 1.82) is 0 Å². The van der Waals surface area contributed by atoms with Gasteiger partial charge in [-0.25, -0.2) is 0 Å². The lowest BCUT2D eigenvalue weighted by atomic mass is 10.3. The number of carbonyl (C=O) groups excluding carboxylic acids is 1. The predicted octanol–water partition coefficient (Wildman–Crippen LogP) is 0.681. The normalized spacial score (nSPS) is 17.4. The molecule has 0 saturated carbocycles. The lowest BCUT2D eigenvalue weighted by molar-refractivity contribution is 0.0636. The van der Waals surface area contributed by atoms with Crippen molar-refractivity contribution in [2.75, 3.05) is 32.7 Å². The lowest BCUT2D eigenvalue weighted by Crippen LogP contribution is -2.48. The van der Waals surface area contributed by atoms with Crippen molar-refractivity contribution in [3.05, 3.63) is 18.0 Å². The number of hydrogen-bond acceptors (Lipinski definition) is 3. The van der Waals surface area contributed by atoms with Crippen molar-refractivity contribution in [2.24, 2.45) is 0 Å². The Hall–Kier alpha value is -1.36. The van der Waals surface area contributed by atoms with Crippen LogP contribution in [-0.4, -0.2) is 58.2 Å². The van der Waals surface area contributed by atoms with Crippen molar-refractivity contribution in [2.45, 2.75) is 20.4 Å². The van der Waals surface area contributed by atoms with E-state index in [4.69, 9.17) is 0 Å². The molecule has 0 spiro atoms. The summed E-state index contributed by atoms with van der Waals surface area (Å²) >= 11 is 0. The molecule has 0 bridgehead atoms. The van der Waals surface area contributed by atoms with Crippen molar-refractivity contribution < 1.29 is 4.79 Å². The van der Waals surface area contributed by atoms with Gasteiger partial charge < -0.3 is 9.80 Å². The van der Waals surface area contributed by atoms with Crippen LogP contribution in [0.2, 0.25) is 0 Å². The molecule has 0 radical (unpaired) electrons. The Balaban J connectivity index is 1.96.